The topological polar surface area (TPSA) is 101 Å². The van der Waals surface area contributed by atoms with Crippen molar-refractivity contribution in [2.45, 2.75) is 38.6 Å². The van der Waals surface area contributed by atoms with Crippen LogP contribution in [0.15, 0.2) is 45.9 Å². The summed E-state index contributed by atoms with van der Waals surface area (Å²) in [5.41, 5.74) is 5.73. The number of carbonyl (C=O) groups is 1. The minimum Gasteiger partial charge on any atom is -0.451 e. The maximum absolute atomic E-state index is 12.4. The molecule has 1 atom stereocenters. The molecule has 2 aromatic carbocycles. The van der Waals surface area contributed by atoms with Crippen molar-refractivity contribution >= 4 is 46.1 Å². The molecule has 1 aromatic heterocycles. The van der Waals surface area contributed by atoms with E-state index >= 15 is 0 Å². The van der Waals surface area contributed by atoms with Gasteiger partial charge < -0.3 is 9.32 Å². The van der Waals surface area contributed by atoms with Crippen molar-refractivity contribution in [2.24, 2.45) is 5.10 Å². The van der Waals surface area contributed by atoms with Gasteiger partial charge >= 0.3 is 5.91 Å². The Kier molecular flexibility index (Phi) is 5.42. The molecule has 3 aromatic rings. The first kappa shape index (κ1) is 21.8. The second-order valence-corrected chi connectivity index (χ2v) is 9.11. The summed E-state index contributed by atoms with van der Waals surface area (Å²) in [6, 6.07) is 9.51. The summed E-state index contributed by atoms with van der Waals surface area (Å²) in [6.45, 7) is 6.61. The highest BCUT2D eigenvalue weighted by atomic mass is 35.5. The van der Waals surface area contributed by atoms with E-state index in [1.807, 2.05) is 12.1 Å². The van der Waals surface area contributed by atoms with E-state index in [-0.39, 0.29) is 17.0 Å². The first-order valence-corrected chi connectivity index (χ1v) is 10.5. The van der Waals surface area contributed by atoms with Crippen molar-refractivity contribution in [1.29, 1.82) is 0 Å². The maximum atomic E-state index is 12.4. The number of nitro benzene ring substituents is 1. The molecule has 0 saturated heterocycles. The summed E-state index contributed by atoms with van der Waals surface area (Å²) >= 11 is 6.49. The van der Waals surface area contributed by atoms with Gasteiger partial charge in [-0.3, -0.25) is 14.9 Å². The van der Waals surface area contributed by atoms with Crippen molar-refractivity contribution < 1.29 is 14.1 Å². The Labute approximate surface area is 190 Å². The average Bonchev–Trinajstić information content (AvgIpc) is 3.16. The van der Waals surface area contributed by atoms with Crippen LogP contribution in [0.3, 0.4) is 0 Å². The van der Waals surface area contributed by atoms with E-state index in [9.17, 15) is 14.9 Å². The molecule has 1 aliphatic heterocycles. The van der Waals surface area contributed by atoms with Gasteiger partial charge in [-0.25, -0.2) is 5.43 Å². The number of halogens is 1. The number of rotatable bonds is 4. The Bertz CT molecular complexity index is 1260. The summed E-state index contributed by atoms with van der Waals surface area (Å²) in [4.78, 5) is 25.1. The standard InChI is InChI=1S/C23H23ClN4O4/c1-13-11-23(2,3)27(4)19-10-18(24)15(8-17(13)19)12-25-26-22(29)21-9-14-7-16(28(30)31)5-6-20(14)32-21/h5-10,12-13H,11H2,1-4H3,(H,26,29)/b25-12-. The van der Waals surface area contributed by atoms with E-state index in [4.69, 9.17) is 16.0 Å². The first-order valence-electron chi connectivity index (χ1n) is 10.2. The van der Waals surface area contributed by atoms with Gasteiger partial charge in [0, 0.05) is 41.4 Å². The van der Waals surface area contributed by atoms with Crippen molar-refractivity contribution in [3.8, 4) is 0 Å². The fourth-order valence-electron chi connectivity index (χ4n) is 4.18. The Morgan fingerprint density at radius 3 is 2.81 bits per heavy atom. The van der Waals surface area contributed by atoms with Gasteiger partial charge in [-0.15, -0.1) is 0 Å². The number of hydrogen-bond donors (Lipinski definition) is 1. The summed E-state index contributed by atoms with van der Waals surface area (Å²) in [5.74, 6) is -0.203. The van der Waals surface area contributed by atoms with Gasteiger partial charge in [0.05, 0.1) is 16.2 Å². The second-order valence-electron chi connectivity index (χ2n) is 8.70. The number of hydrazone groups is 1. The predicted octanol–water partition coefficient (Wildman–Crippen LogP) is 5.48. The van der Waals surface area contributed by atoms with Gasteiger partial charge in [0.1, 0.15) is 5.58 Å². The van der Waals surface area contributed by atoms with Gasteiger partial charge in [0.25, 0.3) is 5.69 Å². The van der Waals surface area contributed by atoms with Crippen molar-refractivity contribution in [3.63, 3.8) is 0 Å². The monoisotopic (exact) mass is 454 g/mol. The zero-order chi connectivity index (χ0) is 23.2. The first-order chi connectivity index (χ1) is 15.1. The summed E-state index contributed by atoms with van der Waals surface area (Å²) in [7, 11) is 2.07. The molecule has 1 aliphatic rings. The number of nitrogens with zero attached hydrogens (tertiary/aromatic N) is 3. The van der Waals surface area contributed by atoms with Crippen LogP contribution >= 0.6 is 11.6 Å². The SMILES string of the molecule is CC1CC(C)(C)N(C)c2cc(Cl)c(/C=N\NC(=O)c3cc4cc([N+](=O)[O-])ccc4o3)cc21. The number of nitro groups is 1. The number of amides is 1. The van der Waals surface area contributed by atoms with E-state index in [0.29, 0.717) is 27.5 Å². The molecule has 2 heterocycles. The molecule has 0 fully saturated rings. The van der Waals surface area contributed by atoms with Crippen LogP contribution in [0.4, 0.5) is 11.4 Å². The smallest absolute Gasteiger partial charge is 0.307 e. The van der Waals surface area contributed by atoms with Crippen LogP contribution in [0, 0.1) is 10.1 Å². The molecule has 0 spiro atoms. The number of benzene rings is 2. The van der Waals surface area contributed by atoms with Crippen LogP contribution in [0.5, 0.6) is 0 Å². The van der Waals surface area contributed by atoms with Gasteiger partial charge in [0.15, 0.2) is 5.76 Å². The average molecular weight is 455 g/mol. The van der Waals surface area contributed by atoms with Gasteiger partial charge in [-0.05, 0) is 56.0 Å². The number of carbonyl (C=O) groups excluding carboxylic acids is 1. The van der Waals surface area contributed by atoms with Gasteiger partial charge in [-0.2, -0.15) is 5.10 Å². The third-order valence-corrected chi connectivity index (χ3v) is 6.38. The molecule has 32 heavy (non-hydrogen) atoms. The van der Waals surface area contributed by atoms with Gasteiger partial charge in [0.2, 0.25) is 0 Å². The Morgan fingerprint density at radius 1 is 1.34 bits per heavy atom. The van der Waals surface area contributed by atoms with Crippen LogP contribution in [0.25, 0.3) is 11.0 Å². The van der Waals surface area contributed by atoms with Crippen LogP contribution < -0.4 is 10.3 Å². The summed E-state index contributed by atoms with van der Waals surface area (Å²) in [6.07, 6.45) is 2.51. The number of non-ortho nitro benzene ring substituents is 1. The maximum Gasteiger partial charge on any atom is 0.307 e. The molecule has 0 aliphatic carbocycles. The molecule has 9 heteroatoms. The molecule has 4 rings (SSSR count). The minimum atomic E-state index is -0.566. The zero-order valence-electron chi connectivity index (χ0n) is 18.2. The van der Waals surface area contributed by atoms with Crippen molar-refractivity contribution in [2.75, 3.05) is 11.9 Å². The highest BCUT2D eigenvalue weighted by Gasteiger charge is 2.34. The fourth-order valence-corrected chi connectivity index (χ4v) is 4.38. The molecule has 166 valence electrons. The number of anilines is 1. The highest BCUT2D eigenvalue weighted by molar-refractivity contribution is 6.33. The molecule has 0 saturated carbocycles. The predicted molar refractivity (Wildman–Crippen MR) is 125 cm³/mol. The molecular formula is C23H23ClN4O4. The Hall–Kier alpha value is -3.39. The van der Waals surface area contributed by atoms with Gasteiger partial charge in [-0.1, -0.05) is 18.5 Å². The lowest BCUT2D eigenvalue weighted by atomic mass is 9.80. The van der Waals surface area contributed by atoms with Crippen molar-refractivity contribution in [1.82, 2.24) is 5.43 Å². The van der Waals surface area contributed by atoms with Crippen LogP contribution in [-0.4, -0.2) is 29.6 Å². The van der Waals surface area contributed by atoms with E-state index in [0.717, 1.165) is 12.1 Å². The second kappa shape index (κ2) is 7.94. The van der Waals surface area contributed by atoms with E-state index in [1.165, 1.54) is 36.0 Å². The normalized spacial score (nSPS) is 17.5. The number of furan rings is 1. The number of fused-ring (bicyclic) bond motifs is 2. The quantitative estimate of drug-likeness (QED) is 0.319. The lowest BCUT2D eigenvalue weighted by molar-refractivity contribution is -0.384. The van der Waals surface area contributed by atoms with Crippen molar-refractivity contribution in [3.05, 3.63) is 68.4 Å². The fraction of sp³-hybridized carbons (Fsp3) is 0.304. The largest absolute Gasteiger partial charge is 0.451 e. The lowest BCUT2D eigenvalue weighted by Gasteiger charge is -2.45. The van der Waals surface area contributed by atoms with Crippen LogP contribution in [-0.2, 0) is 0 Å². The molecule has 1 unspecified atom stereocenters. The molecule has 8 nitrogen and oxygen atoms in total. The Morgan fingerprint density at radius 2 is 2.09 bits per heavy atom. The number of nitrogens with one attached hydrogen (secondary N) is 1. The van der Waals surface area contributed by atoms with E-state index in [2.05, 4.69) is 43.2 Å². The number of hydrogen-bond acceptors (Lipinski definition) is 6. The minimum absolute atomic E-state index is 0.00617. The van der Waals surface area contributed by atoms with Crippen LogP contribution in [0.1, 0.15) is 54.8 Å². The molecule has 1 amide bonds. The molecule has 0 bridgehead atoms. The molecule has 1 N–H and O–H groups in total. The molecule has 0 radical (unpaired) electrons. The summed E-state index contributed by atoms with van der Waals surface area (Å²) in [5, 5.41) is 15.9. The van der Waals surface area contributed by atoms with E-state index in [1.54, 1.807) is 0 Å². The Balaban J connectivity index is 1.53. The third kappa shape index (κ3) is 3.93. The third-order valence-electron chi connectivity index (χ3n) is 6.06. The molecular weight excluding hydrogens is 432 g/mol. The zero-order valence-corrected chi connectivity index (χ0v) is 18.9. The van der Waals surface area contributed by atoms with E-state index < -0.39 is 10.8 Å². The summed E-state index contributed by atoms with van der Waals surface area (Å²) < 4.78 is 5.47. The lowest BCUT2D eigenvalue weighted by Crippen LogP contribution is -2.45. The van der Waals surface area contributed by atoms with Crippen LogP contribution in [0.2, 0.25) is 5.02 Å². The highest BCUT2D eigenvalue weighted by Crippen LogP contribution is 2.44.